The molecule has 0 spiro atoms. The Balaban J connectivity index is 2.15. The fraction of sp³-hybridized carbons (Fsp3) is 0.333. The second kappa shape index (κ2) is 3.34. The van der Waals surface area contributed by atoms with Gasteiger partial charge in [0, 0.05) is 19.3 Å². The monoisotopic (exact) mass is 196 g/mol. The third-order valence-electron chi connectivity index (χ3n) is 2.09. The Morgan fingerprint density at radius 1 is 1.46 bits per heavy atom. The normalized spacial score (nSPS) is 15.3. The molecule has 0 aliphatic carbocycles. The zero-order valence-electron chi connectivity index (χ0n) is 7.03. The summed E-state index contributed by atoms with van der Waals surface area (Å²) in [5, 5.41) is 0.556. The maximum absolute atomic E-state index is 11.6. The summed E-state index contributed by atoms with van der Waals surface area (Å²) in [5.41, 5.74) is 0.476. The molecule has 2 rings (SSSR count). The van der Waals surface area contributed by atoms with Gasteiger partial charge in [0.15, 0.2) is 0 Å². The highest BCUT2D eigenvalue weighted by atomic mass is 35.5. The highest BCUT2D eigenvalue weighted by Gasteiger charge is 2.22. The fourth-order valence-corrected chi connectivity index (χ4v) is 1.30. The number of rotatable bonds is 1. The average molecular weight is 197 g/mol. The molecule has 13 heavy (non-hydrogen) atoms. The molecule has 2 heterocycles. The molecule has 1 aliphatic rings. The van der Waals surface area contributed by atoms with Crippen molar-refractivity contribution in [1.82, 2.24) is 9.88 Å². The van der Waals surface area contributed by atoms with Crippen LogP contribution in [0.1, 0.15) is 16.9 Å². The molecule has 4 heteroatoms. The Morgan fingerprint density at radius 3 is 2.69 bits per heavy atom. The Kier molecular flexibility index (Phi) is 2.19. The summed E-state index contributed by atoms with van der Waals surface area (Å²) in [5.74, 6) is 0.00270. The second-order valence-corrected chi connectivity index (χ2v) is 3.44. The molecule has 1 aliphatic heterocycles. The third kappa shape index (κ3) is 1.65. The van der Waals surface area contributed by atoms with Crippen molar-refractivity contribution in [2.75, 3.05) is 13.1 Å². The molecule has 1 aromatic heterocycles. The number of hydrogen-bond acceptors (Lipinski definition) is 2. The Hall–Kier alpha value is -1.09. The molecule has 1 aromatic rings. The van der Waals surface area contributed by atoms with E-state index in [2.05, 4.69) is 4.98 Å². The van der Waals surface area contributed by atoms with E-state index in [4.69, 9.17) is 11.6 Å². The van der Waals surface area contributed by atoms with Crippen LogP contribution in [0.25, 0.3) is 0 Å². The molecule has 0 bridgehead atoms. The first kappa shape index (κ1) is 8.51. The van der Waals surface area contributed by atoms with Gasteiger partial charge in [-0.2, -0.15) is 0 Å². The topological polar surface area (TPSA) is 33.2 Å². The van der Waals surface area contributed by atoms with Crippen LogP contribution in [0.15, 0.2) is 18.3 Å². The van der Waals surface area contributed by atoms with Gasteiger partial charge in [-0.05, 0) is 18.6 Å². The average Bonchev–Trinajstić information content (AvgIpc) is 2.02. The first-order valence-electron chi connectivity index (χ1n) is 4.18. The van der Waals surface area contributed by atoms with Crippen LogP contribution in [0.4, 0.5) is 0 Å². The van der Waals surface area contributed by atoms with E-state index in [1.807, 2.05) is 0 Å². The fourth-order valence-electron chi connectivity index (χ4n) is 1.18. The van der Waals surface area contributed by atoms with Crippen molar-refractivity contribution in [2.45, 2.75) is 6.42 Å². The van der Waals surface area contributed by atoms with Gasteiger partial charge in [-0.3, -0.25) is 4.79 Å². The smallest absolute Gasteiger partial charge is 0.272 e. The van der Waals surface area contributed by atoms with E-state index in [1.165, 1.54) is 6.20 Å². The van der Waals surface area contributed by atoms with Crippen LogP contribution >= 0.6 is 11.6 Å². The van der Waals surface area contributed by atoms with Crippen molar-refractivity contribution < 1.29 is 4.79 Å². The van der Waals surface area contributed by atoms with Crippen LogP contribution in [0, 0.1) is 0 Å². The summed E-state index contributed by atoms with van der Waals surface area (Å²) in [7, 11) is 0. The van der Waals surface area contributed by atoms with Crippen molar-refractivity contribution in [3.63, 3.8) is 0 Å². The van der Waals surface area contributed by atoms with Crippen LogP contribution in [-0.4, -0.2) is 28.9 Å². The number of carbonyl (C=O) groups excluding carboxylic acids is 1. The first-order chi connectivity index (χ1) is 6.27. The van der Waals surface area contributed by atoms with Crippen LogP contribution in [-0.2, 0) is 0 Å². The third-order valence-corrected chi connectivity index (χ3v) is 2.31. The lowest BCUT2D eigenvalue weighted by Crippen LogP contribution is -2.42. The van der Waals surface area contributed by atoms with Crippen molar-refractivity contribution in [1.29, 1.82) is 0 Å². The first-order valence-corrected chi connectivity index (χ1v) is 4.56. The summed E-state index contributed by atoms with van der Waals surface area (Å²) in [6.45, 7) is 1.70. The molecule has 68 valence electrons. The minimum absolute atomic E-state index is 0.00270. The molecule has 0 aromatic carbocycles. The van der Waals surface area contributed by atoms with Gasteiger partial charge in [0.1, 0.15) is 5.69 Å². The van der Waals surface area contributed by atoms with E-state index in [0.717, 1.165) is 19.5 Å². The van der Waals surface area contributed by atoms with Crippen LogP contribution < -0.4 is 0 Å². The van der Waals surface area contributed by atoms with Gasteiger partial charge >= 0.3 is 0 Å². The molecular weight excluding hydrogens is 188 g/mol. The van der Waals surface area contributed by atoms with Gasteiger partial charge in [0.25, 0.3) is 5.91 Å². The summed E-state index contributed by atoms with van der Waals surface area (Å²) in [6, 6.07) is 3.34. The molecule has 1 saturated heterocycles. The molecule has 0 atom stereocenters. The van der Waals surface area contributed by atoms with Crippen LogP contribution in [0.5, 0.6) is 0 Å². The van der Waals surface area contributed by atoms with E-state index < -0.39 is 0 Å². The molecule has 1 fully saturated rings. The van der Waals surface area contributed by atoms with Gasteiger partial charge in [-0.25, -0.2) is 4.98 Å². The van der Waals surface area contributed by atoms with Crippen molar-refractivity contribution in [3.05, 3.63) is 29.0 Å². The zero-order valence-corrected chi connectivity index (χ0v) is 7.79. The number of hydrogen-bond donors (Lipinski definition) is 0. The second-order valence-electron chi connectivity index (χ2n) is 3.01. The van der Waals surface area contributed by atoms with Gasteiger partial charge in [0.2, 0.25) is 0 Å². The van der Waals surface area contributed by atoms with E-state index in [9.17, 15) is 4.79 Å². The summed E-state index contributed by atoms with van der Waals surface area (Å²) < 4.78 is 0. The minimum atomic E-state index is 0.00270. The highest BCUT2D eigenvalue weighted by molar-refractivity contribution is 6.30. The summed E-state index contributed by atoms with van der Waals surface area (Å²) in [6.07, 6.45) is 2.59. The maximum Gasteiger partial charge on any atom is 0.272 e. The SMILES string of the molecule is O=C(c1ccc(Cl)cn1)N1CCC1. The van der Waals surface area contributed by atoms with Crippen molar-refractivity contribution >= 4 is 17.5 Å². The Bertz CT molecular complexity index is 319. The van der Waals surface area contributed by atoms with Gasteiger partial charge < -0.3 is 4.90 Å². The molecule has 0 unspecified atom stereocenters. The Morgan fingerprint density at radius 2 is 2.23 bits per heavy atom. The summed E-state index contributed by atoms with van der Waals surface area (Å²) in [4.78, 5) is 17.3. The van der Waals surface area contributed by atoms with Crippen LogP contribution in [0.3, 0.4) is 0 Å². The molecule has 0 radical (unpaired) electrons. The lowest BCUT2D eigenvalue weighted by Gasteiger charge is -2.30. The minimum Gasteiger partial charge on any atom is -0.337 e. The lowest BCUT2D eigenvalue weighted by molar-refractivity contribution is 0.0645. The number of pyridine rings is 1. The molecule has 3 nitrogen and oxygen atoms in total. The number of carbonyl (C=O) groups is 1. The predicted octanol–water partition coefficient (Wildman–Crippen LogP) is 1.58. The molecule has 0 N–H and O–H groups in total. The van der Waals surface area contributed by atoms with Gasteiger partial charge in [-0.1, -0.05) is 11.6 Å². The van der Waals surface area contributed by atoms with Crippen molar-refractivity contribution in [2.24, 2.45) is 0 Å². The zero-order chi connectivity index (χ0) is 9.26. The summed E-state index contributed by atoms with van der Waals surface area (Å²) >= 11 is 5.66. The Labute approximate surface area is 81.3 Å². The predicted molar refractivity (Wildman–Crippen MR) is 49.8 cm³/mol. The quantitative estimate of drug-likeness (QED) is 0.684. The lowest BCUT2D eigenvalue weighted by atomic mass is 10.2. The standard InChI is InChI=1S/C9H9ClN2O/c10-7-2-3-8(11-6-7)9(13)12-4-1-5-12/h2-3,6H,1,4-5H2. The highest BCUT2D eigenvalue weighted by Crippen LogP contribution is 2.12. The maximum atomic E-state index is 11.6. The molecular formula is C9H9ClN2O. The van der Waals surface area contributed by atoms with E-state index in [1.54, 1.807) is 17.0 Å². The van der Waals surface area contributed by atoms with E-state index in [-0.39, 0.29) is 5.91 Å². The van der Waals surface area contributed by atoms with Crippen molar-refractivity contribution in [3.8, 4) is 0 Å². The van der Waals surface area contributed by atoms with E-state index in [0.29, 0.717) is 10.7 Å². The molecule has 0 saturated carbocycles. The largest absolute Gasteiger partial charge is 0.337 e. The van der Waals surface area contributed by atoms with Crippen LogP contribution in [0.2, 0.25) is 5.02 Å². The number of aromatic nitrogens is 1. The number of amides is 1. The molecule has 1 amide bonds. The van der Waals surface area contributed by atoms with E-state index >= 15 is 0 Å². The number of nitrogens with zero attached hydrogens (tertiary/aromatic N) is 2. The van der Waals surface area contributed by atoms with Gasteiger partial charge in [0.05, 0.1) is 5.02 Å². The van der Waals surface area contributed by atoms with Gasteiger partial charge in [-0.15, -0.1) is 0 Å². The number of likely N-dealkylation sites (tertiary alicyclic amines) is 1. The number of halogens is 1.